The summed E-state index contributed by atoms with van der Waals surface area (Å²) in [5.41, 5.74) is 3.86. The Morgan fingerprint density at radius 3 is 2.71 bits per heavy atom. The second-order valence-corrected chi connectivity index (χ2v) is 6.67. The van der Waals surface area contributed by atoms with Crippen molar-refractivity contribution in [3.8, 4) is 0 Å². The molecule has 2 N–H and O–H groups in total. The molecule has 4 nitrogen and oxygen atoms in total. The summed E-state index contributed by atoms with van der Waals surface area (Å²) in [7, 11) is 0. The molecule has 0 atom stereocenters. The third-order valence-corrected chi connectivity index (χ3v) is 5.22. The molecule has 3 aromatic rings. The number of H-pyrrole nitrogens is 1. The van der Waals surface area contributed by atoms with Crippen molar-refractivity contribution < 1.29 is 4.79 Å². The van der Waals surface area contributed by atoms with Crippen molar-refractivity contribution in [1.82, 2.24) is 15.3 Å². The molecule has 24 heavy (non-hydrogen) atoms. The zero-order chi connectivity index (χ0) is 16.4. The van der Waals surface area contributed by atoms with Crippen molar-refractivity contribution in [2.24, 2.45) is 0 Å². The summed E-state index contributed by atoms with van der Waals surface area (Å²) in [6.07, 6.45) is 6.37. The van der Waals surface area contributed by atoms with Gasteiger partial charge in [0.05, 0.1) is 17.4 Å². The largest absolute Gasteiger partial charge is 0.351 e. The quantitative estimate of drug-likeness (QED) is 0.768. The van der Waals surface area contributed by atoms with Crippen LogP contribution in [0.3, 0.4) is 0 Å². The second-order valence-electron chi connectivity index (χ2n) is 6.67. The Morgan fingerprint density at radius 2 is 1.92 bits per heavy atom. The zero-order valence-corrected chi connectivity index (χ0v) is 13.6. The monoisotopic (exact) mass is 319 g/mol. The van der Waals surface area contributed by atoms with Gasteiger partial charge in [0.15, 0.2) is 0 Å². The number of hydrogen-bond acceptors (Lipinski definition) is 2. The lowest BCUT2D eigenvalue weighted by atomic mass is 9.79. The van der Waals surface area contributed by atoms with Crippen molar-refractivity contribution in [2.45, 2.75) is 31.1 Å². The molecule has 122 valence electrons. The van der Waals surface area contributed by atoms with E-state index in [0.29, 0.717) is 12.1 Å². The van der Waals surface area contributed by atoms with Crippen LogP contribution >= 0.6 is 0 Å². The molecule has 0 aliphatic heterocycles. The summed E-state index contributed by atoms with van der Waals surface area (Å²) in [6, 6.07) is 16.2. The number of fused-ring (bicyclic) bond motifs is 1. The number of aromatic nitrogens is 2. The van der Waals surface area contributed by atoms with Gasteiger partial charge in [-0.25, -0.2) is 4.98 Å². The smallest absolute Gasteiger partial charge is 0.251 e. The summed E-state index contributed by atoms with van der Waals surface area (Å²) < 4.78 is 0. The summed E-state index contributed by atoms with van der Waals surface area (Å²) in [6.45, 7) is 0.691. The highest BCUT2D eigenvalue weighted by Gasteiger charge is 2.35. The van der Waals surface area contributed by atoms with Gasteiger partial charge >= 0.3 is 0 Å². The molecule has 0 radical (unpaired) electrons. The fourth-order valence-corrected chi connectivity index (χ4v) is 3.84. The zero-order valence-electron chi connectivity index (χ0n) is 13.6. The molecule has 1 aliphatic rings. The minimum Gasteiger partial charge on any atom is -0.351 e. The molecular weight excluding hydrogens is 298 g/mol. The highest BCUT2D eigenvalue weighted by molar-refractivity contribution is 5.97. The number of nitrogens with one attached hydrogen (secondary N) is 2. The average molecular weight is 319 g/mol. The van der Waals surface area contributed by atoms with E-state index in [-0.39, 0.29) is 11.3 Å². The lowest BCUT2D eigenvalue weighted by Crippen LogP contribution is -2.39. The van der Waals surface area contributed by atoms with Gasteiger partial charge in [0.25, 0.3) is 5.91 Å². The third kappa shape index (κ3) is 2.68. The van der Waals surface area contributed by atoms with Crippen molar-refractivity contribution in [3.63, 3.8) is 0 Å². The molecule has 1 aromatic heterocycles. The number of benzene rings is 2. The van der Waals surface area contributed by atoms with Crippen LogP contribution in [0.2, 0.25) is 0 Å². The molecule has 0 saturated heterocycles. The first-order chi connectivity index (χ1) is 11.8. The lowest BCUT2D eigenvalue weighted by Gasteiger charge is -2.30. The minimum absolute atomic E-state index is 0.0197. The molecule has 1 fully saturated rings. The highest BCUT2D eigenvalue weighted by Crippen LogP contribution is 2.40. The molecule has 1 saturated carbocycles. The van der Waals surface area contributed by atoms with Gasteiger partial charge in [-0.3, -0.25) is 4.79 Å². The number of nitrogens with zero attached hydrogens (tertiary/aromatic N) is 1. The topological polar surface area (TPSA) is 57.8 Å². The minimum atomic E-state index is -0.0197. The van der Waals surface area contributed by atoms with Gasteiger partial charge in [-0.2, -0.15) is 0 Å². The van der Waals surface area contributed by atoms with Crippen LogP contribution in [-0.2, 0) is 5.41 Å². The van der Waals surface area contributed by atoms with Crippen LogP contribution in [0, 0.1) is 0 Å². The molecule has 0 spiro atoms. The van der Waals surface area contributed by atoms with Crippen molar-refractivity contribution in [1.29, 1.82) is 0 Å². The number of hydrogen-bond donors (Lipinski definition) is 2. The second kappa shape index (κ2) is 6.11. The van der Waals surface area contributed by atoms with Gasteiger partial charge < -0.3 is 10.3 Å². The van der Waals surface area contributed by atoms with Gasteiger partial charge in [0, 0.05) is 17.5 Å². The molecule has 2 aromatic carbocycles. The van der Waals surface area contributed by atoms with E-state index in [1.807, 2.05) is 24.3 Å². The maximum absolute atomic E-state index is 12.6. The Kier molecular flexibility index (Phi) is 3.81. The highest BCUT2D eigenvalue weighted by atomic mass is 16.1. The predicted octanol–water partition coefficient (Wildman–Crippen LogP) is 3.80. The SMILES string of the molecule is O=C(NCC1(c2ccccc2)CCCC1)c1ccc2nc[nH]c2c1. The lowest BCUT2D eigenvalue weighted by molar-refractivity contribution is 0.0943. The van der Waals surface area contributed by atoms with Gasteiger partial charge in [-0.05, 0) is 36.6 Å². The third-order valence-electron chi connectivity index (χ3n) is 5.22. The fraction of sp³-hybridized carbons (Fsp3) is 0.300. The molecule has 0 bridgehead atoms. The van der Waals surface area contributed by atoms with E-state index < -0.39 is 0 Å². The van der Waals surface area contributed by atoms with E-state index in [4.69, 9.17) is 0 Å². The van der Waals surface area contributed by atoms with Crippen molar-refractivity contribution >= 4 is 16.9 Å². The van der Waals surface area contributed by atoms with Crippen LogP contribution in [0.4, 0.5) is 0 Å². The first-order valence-electron chi connectivity index (χ1n) is 8.54. The Labute approximate surface area is 141 Å². The number of rotatable bonds is 4. The van der Waals surface area contributed by atoms with E-state index in [9.17, 15) is 4.79 Å². The van der Waals surface area contributed by atoms with E-state index >= 15 is 0 Å². The van der Waals surface area contributed by atoms with Gasteiger partial charge in [-0.1, -0.05) is 43.2 Å². The van der Waals surface area contributed by atoms with E-state index in [2.05, 4.69) is 39.6 Å². The molecule has 4 rings (SSSR count). The number of carbonyl (C=O) groups excluding carboxylic acids is 1. The van der Waals surface area contributed by atoms with Crippen molar-refractivity contribution in [3.05, 3.63) is 66.0 Å². The predicted molar refractivity (Wildman–Crippen MR) is 95.0 cm³/mol. The van der Waals surface area contributed by atoms with E-state index in [1.165, 1.54) is 18.4 Å². The van der Waals surface area contributed by atoms with Crippen LogP contribution < -0.4 is 5.32 Å². The molecule has 4 heteroatoms. The van der Waals surface area contributed by atoms with Gasteiger partial charge in [0.2, 0.25) is 0 Å². The molecule has 1 amide bonds. The normalized spacial score (nSPS) is 16.3. The fourth-order valence-electron chi connectivity index (χ4n) is 3.84. The standard InChI is InChI=1S/C20H21N3O/c24-19(15-8-9-17-18(12-15)23-14-22-17)21-13-20(10-4-5-11-20)16-6-2-1-3-7-16/h1-3,6-9,12,14H,4-5,10-11,13H2,(H,21,24)(H,22,23). The maximum Gasteiger partial charge on any atom is 0.251 e. The van der Waals surface area contributed by atoms with E-state index in [0.717, 1.165) is 23.9 Å². The average Bonchev–Trinajstić information content (AvgIpc) is 3.30. The Bertz CT molecular complexity index is 847. The summed E-state index contributed by atoms with van der Waals surface area (Å²) in [4.78, 5) is 19.8. The van der Waals surface area contributed by atoms with Crippen LogP contribution in [0.15, 0.2) is 54.9 Å². The van der Waals surface area contributed by atoms with Crippen LogP contribution in [0.25, 0.3) is 11.0 Å². The Hall–Kier alpha value is -2.62. The number of aromatic amines is 1. The summed E-state index contributed by atoms with van der Waals surface area (Å²) in [5.74, 6) is -0.0197. The first-order valence-corrected chi connectivity index (χ1v) is 8.54. The van der Waals surface area contributed by atoms with Crippen LogP contribution in [0.5, 0.6) is 0 Å². The first kappa shape index (κ1) is 14.9. The van der Waals surface area contributed by atoms with Gasteiger partial charge in [-0.15, -0.1) is 0 Å². The van der Waals surface area contributed by atoms with Gasteiger partial charge in [0.1, 0.15) is 0 Å². The molecular formula is C20H21N3O. The molecule has 1 heterocycles. The molecule has 0 unspecified atom stereocenters. The summed E-state index contributed by atoms with van der Waals surface area (Å²) >= 11 is 0. The van der Waals surface area contributed by atoms with Crippen LogP contribution in [0.1, 0.15) is 41.6 Å². The number of carbonyl (C=O) groups is 1. The Balaban J connectivity index is 1.52. The summed E-state index contributed by atoms with van der Waals surface area (Å²) in [5, 5.41) is 3.16. The number of imidazole rings is 1. The molecule has 1 aliphatic carbocycles. The van der Waals surface area contributed by atoms with Crippen LogP contribution in [-0.4, -0.2) is 22.4 Å². The van der Waals surface area contributed by atoms with E-state index in [1.54, 1.807) is 6.33 Å². The Morgan fingerprint density at radius 1 is 1.12 bits per heavy atom. The van der Waals surface area contributed by atoms with Crippen molar-refractivity contribution in [2.75, 3.05) is 6.54 Å². The number of amides is 1. The maximum atomic E-state index is 12.6.